The van der Waals surface area contributed by atoms with Gasteiger partial charge in [0.1, 0.15) is 0 Å². The molecular weight excluding hydrogens is 232 g/mol. The average Bonchev–Trinajstić information content (AvgIpc) is 2.34. The summed E-state index contributed by atoms with van der Waals surface area (Å²) >= 11 is 0. The number of rotatable bonds is 5. The molecule has 96 valence electrons. The van der Waals surface area contributed by atoms with E-state index in [1.54, 1.807) is 18.2 Å². The molecule has 0 heterocycles. The van der Waals surface area contributed by atoms with E-state index in [0.717, 1.165) is 0 Å². The van der Waals surface area contributed by atoms with Gasteiger partial charge in [-0.3, -0.25) is 14.9 Å². The molecular formula is C13H16N2O3. The number of amides is 1. The molecule has 0 unspecified atom stereocenters. The first-order valence-corrected chi connectivity index (χ1v) is 5.70. The van der Waals surface area contributed by atoms with Gasteiger partial charge in [0.25, 0.3) is 5.69 Å². The number of nitro groups is 1. The van der Waals surface area contributed by atoms with E-state index in [1.165, 1.54) is 18.2 Å². The summed E-state index contributed by atoms with van der Waals surface area (Å²) in [6, 6.07) is 6.29. The lowest BCUT2D eigenvalue weighted by molar-refractivity contribution is -0.385. The Hall–Kier alpha value is -2.17. The normalized spacial score (nSPS) is 10.8. The molecule has 0 fully saturated rings. The van der Waals surface area contributed by atoms with Gasteiger partial charge in [-0.2, -0.15) is 0 Å². The van der Waals surface area contributed by atoms with E-state index in [-0.39, 0.29) is 11.6 Å². The van der Waals surface area contributed by atoms with Gasteiger partial charge in [0, 0.05) is 18.7 Å². The Morgan fingerprint density at radius 2 is 2.11 bits per heavy atom. The summed E-state index contributed by atoms with van der Waals surface area (Å²) in [7, 11) is 0. The number of hydrogen-bond acceptors (Lipinski definition) is 3. The number of nitrogens with zero attached hydrogens (tertiary/aromatic N) is 1. The van der Waals surface area contributed by atoms with Crippen molar-refractivity contribution in [1.29, 1.82) is 0 Å². The summed E-state index contributed by atoms with van der Waals surface area (Å²) in [6.45, 7) is 4.57. The van der Waals surface area contributed by atoms with Crippen LogP contribution in [0, 0.1) is 16.0 Å². The summed E-state index contributed by atoms with van der Waals surface area (Å²) < 4.78 is 0. The molecule has 1 aromatic carbocycles. The van der Waals surface area contributed by atoms with E-state index in [4.69, 9.17) is 0 Å². The Balaban J connectivity index is 2.72. The molecule has 18 heavy (non-hydrogen) atoms. The van der Waals surface area contributed by atoms with Gasteiger partial charge in [-0.15, -0.1) is 0 Å². The van der Waals surface area contributed by atoms with Gasteiger partial charge < -0.3 is 5.32 Å². The minimum absolute atomic E-state index is 0.00888. The van der Waals surface area contributed by atoms with Crippen molar-refractivity contribution in [3.8, 4) is 0 Å². The maximum absolute atomic E-state index is 11.4. The Morgan fingerprint density at radius 3 is 2.72 bits per heavy atom. The van der Waals surface area contributed by atoms with Crippen LogP contribution < -0.4 is 5.32 Å². The molecule has 5 nitrogen and oxygen atoms in total. The van der Waals surface area contributed by atoms with Gasteiger partial charge in [0.05, 0.1) is 10.5 Å². The van der Waals surface area contributed by atoms with Crippen LogP contribution in [0.25, 0.3) is 6.08 Å². The quantitative estimate of drug-likeness (QED) is 0.494. The Bertz CT molecular complexity index is 467. The van der Waals surface area contributed by atoms with Crippen molar-refractivity contribution in [1.82, 2.24) is 5.32 Å². The number of para-hydroxylation sites is 1. The molecule has 1 aromatic rings. The summed E-state index contributed by atoms with van der Waals surface area (Å²) in [6.07, 6.45) is 2.76. The zero-order chi connectivity index (χ0) is 13.5. The lowest BCUT2D eigenvalue weighted by atomic mass is 10.1. The molecule has 0 radical (unpaired) electrons. The third-order valence-electron chi connectivity index (χ3n) is 2.23. The van der Waals surface area contributed by atoms with E-state index >= 15 is 0 Å². The molecule has 1 amide bonds. The molecule has 0 aliphatic heterocycles. The van der Waals surface area contributed by atoms with Crippen LogP contribution in [-0.2, 0) is 4.79 Å². The monoisotopic (exact) mass is 248 g/mol. The van der Waals surface area contributed by atoms with Crippen LogP contribution in [0.5, 0.6) is 0 Å². The Labute approximate surface area is 106 Å². The smallest absolute Gasteiger partial charge is 0.276 e. The van der Waals surface area contributed by atoms with Gasteiger partial charge in [-0.1, -0.05) is 26.0 Å². The van der Waals surface area contributed by atoms with Crippen LogP contribution in [0.3, 0.4) is 0 Å². The minimum atomic E-state index is -0.467. The third kappa shape index (κ3) is 4.37. The number of carbonyl (C=O) groups excluding carboxylic acids is 1. The lowest BCUT2D eigenvalue weighted by Gasteiger charge is -2.04. The topological polar surface area (TPSA) is 72.2 Å². The second kappa shape index (κ2) is 6.54. The van der Waals surface area contributed by atoms with Crippen molar-refractivity contribution < 1.29 is 9.72 Å². The zero-order valence-electron chi connectivity index (χ0n) is 10.4. The molecule has 0 saturated carbocycles. The summed E-state index contributed by atoms with van der Waals surface area (Å²) in [5, 5.41) is 13.5. The first kappa shape index (κ1) is 13.9. The van der Waals surface area contributed by atoms with Crippen LogP contribution >= 0.6 is 0 Å². The minimum Gasteiger partial charge on any atom is -0.352 e. The van der Waals surface area contributed by atoms with Crippen molar-refractivity contribution >= 4 is 17.7 Å². The Kier molecular flexibility index (Phi) is 5.05. The molecule has 0 spiro atoms. The van der Waals surface area contributed by atoms with E-state index in [9.17, 15) is 14.9 Å². The second-order valence-corrected chi connectivity index (χ2v) is 4.29. The van der Waals surface area contributed by atoms with Crippen LogP contribution in [0.4, 0.5) is 5.69 Å². The highest BCUT2D eigenvalue weighted by molar-refractivity contribution is 5.92. The van der Waals surface area contributed by atoms with E-state index in [1.807, 2.05) is 13.8 Å². The fourth-order valence-corrected chi connectivity index (χ4v) is 1.32. The molecule has 5 heteroatoms. The highest BCUT2D eigenvalue weighted by Gasteiger charge is 2.09. The summed E-state index contributed by atoms with van der Waals surface area (Å²) in [5.74, 6) is 0.121. The second-order valence-electron chi connectivity index (χ2n) is 4.29. The maximum Gasteiger partial charge on any atom is 0.276 e. The van der Waals surface area contributed by atoms with Crippen LogP contribution in [-0.4, -0.2) is 17.4 Å². The highest BCUT2D eigenvalue weighted by Crippen LogP contribution is 2.18. The molecule has 0 atom stereocenters. The largest absolute Gasteiger partial charge is 0.352 e. The van der Waals surface area contributed by atoms with Crippen LogP contribution in [0.1, 0.15) is 19.4 Å². The number of carbonyl (C=O) groups is 1. The van der Waals surface area contributed by atoms with Crippen molar-refractivity contribution in [2.24, 2.45) is 5.92 Å². The average molecular weight is 248 g/mol. The predicted molar refractivity (Wildman–Crippen MR) is 70.0 cm³/mol. The molecule has 0 saturated heterocycles. The molecule has 0 aromatic heterocycles. The SMILES string of the molecule is CC(C)CNC(=O)C=Cc1ccccc1[N+](=O)[O-]. The van der Waals surface area contributed by atoms with Crippen molar-refractivity contribution in [3.63, 3.8) is 0 Å². The standard InChI is InChI=1S/C13H16N2O3/c1-10(2)9-14-13(16)8-7-11-5-3-4-6-12(11)15(17)18/h3-8,10H,9H2,1-2H3,(H,14,16). The van der Waals surface area contributed by atoms with Crippen molar-refractivity contribution in [2.75, 3.05) is 6.54 Å². The zero-order valence-corrected chi connectivity index (χ0v) is 10.4. The number of hydrogen-bond donors (Lipinski definition) is 1. The summed E-state index contributed by atoms with van der Waals surface area (Å²) in [5.41, 5.74) is 0.410. The fraction of sp³-hybridized carbons (Fsp3) is 0.308. The maximum atomic E-state index is 11.4. The van der Waals surface area contributed by atoms with Crippen molar-refractivity contribution in [2.45, 2.75) is 13.8 Å². The van der Waals surface area contributed by atoms with Gasteiger partial charge in [0.15, 0.2) is 0 Å². The van der Waals surface area contributed by atoms with Crippen LogP contribution in [0.15, 0.2) is 30.3 Å². The first-order chi connectivity index (χ1) is 8.50. The Morgan fingerprint density at radius 1 is 1.44 bits per heavy atom. The molecule has 1 N–H and O–H groups in total. The molecule has 0 aliphatic carbocycles. The van der Waals surface area contributed by atoms with Crippen LogP contribution in [0.2, 0.25) is 0 Å². The number of nitrogens with one attached hydrogen (secondary N) is 1. The van der Waals surface area contributed by atoms with Gasteiger partial charge in [-0.25, -0.2) is 0 Å². The van der Waals surface area contributed by atoms with E-state index in [2.05, 4.69) is 5.32 Å². The van der Waals surface area contributed by atoms with Gasteiger partial charge >= 0.3 is 0 Å². The molecule has 0 bridgehead atoms. The van der Waals surface area contributed by atoms with Gasteiger partial charge in [0.2, 0.25) is 5.91 Å². The first-order valence-electron chi connectivity index (χ1n) is 5.70. The predicted octanol–water partition coefficient (Wildman–Crippen LogP) is 2.38. The van der Waals surface area contributed by atoms with E-state index < -0.39 is 4.92 Å². The highest BCUT2D eigenvalue weighted by atomic mass is 16.6. The van der Waals surface area contributed by atoms with E-state index in [0.29, 0.717) is 18.0 Å². The van der Waals surface area contributed by atoms with Gasteiger partial charge in [-0.05, 0) is 18.1 Å². The number of benzene rings is 1. The molecule has 0 aliphatic rings. The van der Waals surface area contributed by atoms with Crippen molar-refractivity contribution in [3.05, 3.63) is 46.0 Å². The summed E-state index contributed by atoms with van der Waals surface area (Å²) in [4.78, 5) is 21.7. The number of nitro benzene ring substituents is 1. The molecule has 1 rings (SSSR count). The fourth-order valence-electron chi connectivity index (χ4n) is 1.32. The third-order valence-corrected chi connectivity index (χ3v) is 2.23. The lowest BCUT2D eigenvalue weighted by Crippen LogP contribution is -2.25.